The van der Waals surface area contributed by atoms with E-state index >= 15 is 0 Å². The van der Waals surface area contributed by atoms with Gasteiger partial charge in [-0.1, -0.05) is 12.1 Å². The number of para-hydroxylation sites is 2. The van der Waals surface area contributed by atoms with Gasteiger partial charge in [0.1, 0.15) is 6.54 Å². The lowest BCUT2D eigenvalue weighted by molar-refractivity contribution is -0.122. The first-order valence-electron chi connectivity index (χ1n) is 8.62. The van der Waals surface area contributed by atoms with Crippen molar-refractivity contribution in [1.29, 1.82) is 0 Å². The lowest BCUT2D eigenvalue weighted by Gasteiger charge is -2.22. The Morgan fingerprint density at radius 2 is 2.00 bits per heavy atom. The van der Waals surface area contributed by atoms with Gasteiger partial charge in [0.2, 0.25) is 15.9 Å². The summed E-state index contributed by atoms with van der Waals surface area (Å²) in [6.45, 7) is 1.05. The molecule has 2 atom stereocenters. The standard InChI is InChI=1S/C17H24N4O5S/c1-19(2)8-12-9-20(27(3,24)25)10-13(12)18-16(22)11-21-14-6-4-5-7-15(14)26-17(21)23/h4-7,12-13H,8-11H2,1-3H3,(H,18,22)/t12-,13-/m1/s1. The van der Waals surface area contributed by atoms with Gasteiger partial charge in [-0.2, -0.15) is 4.31 Å². The molecule has 1 N–H and O–H groups in total. The van der Waals surface area contributed by atoms with Gasteiger partial charge in [0.25, 0.3) is 0 Å². The summed E-state index contributed by atoms with van der Waals surface area (Å²) in [7, 11) is 0.472. The maximum Gasteiger partial charge on any atom is 0.420 e. The van der Waals surface area contributed by atoms with Crippen LogP contribution in [-0.4, -0.2) is 74.1 Å². The maximum atomic E-state index is 12.6. The summed E-state index contributed by atoms with van der Waals surface area (Å²) in [5.74, 6) is -0.982. The van der Waals surface area contributed by atoms with E-state index in [1.54, 1.807) is 24.3 Å². The Hall–Kier alpha value is -2.17. The molecular formula is C17H24N4O5S. The number of nitrogens with one attached hydrogen (secondary N) is 1. The lowest BCUT2D eigenvalue weighted by atomic mass is 10.0. The molecule has 10 heteroatoms. The van der Waals surface area contributed by atoms with E-state index in [0.717, 1.165) is 0 Å². The largest absolute Gasteiger partial charge is 0.420 e. The number of carbonyl (C=O) groups is 1. The van der Waals surface area contributed by atoms with Crippen molar-refractivity contribution < 1.29 is 17.6 Å². The SMILES string of the molecule is CN(C)C[C@@H]1CN(S(C)(=O)=O)C[C@H]1NC(=O)Cn1c(=O)oc2ccccc21. The van der Waals surface area contributed by atoms with Crippen LogP contribution in [0.25, 0.3) is 11.1 Å². The summed E-state index contributed by atoms with van der Waals surface area (Å²) >= 11 is 0. The second-order valence-corrected chi connectivity index (χ2v) is 9.18. The molecule has 9 nitrogen and oxygen atoms in total. The third kappa shape index (κ3) is 4.40. The number of rotatable bonds is 6. The van der Waals surface area contributed by atoms with Crippen LogP contribution in [0, 0.1) is 5.92 Å². The summed E-state index contributed by atoms with van der Waals surface area (Å²) in [6, 6.07) is 6.57. The van der Waals surface area contributed by atoms with Crippen molar-refractivity contribution in [3.8, 4) is 0 Å². The van der Waals surface area contributed by atoms with Crippen molar-refractivity contribution in [2.45, 2.75) is 12.6 Å². The Labute approximate surface area is 157 Å². The zero-order valence-electron chi connectivity index (χ0n) is 15.6. The number of nitrogens with zero attached hydrogens (tertiary/aromatic N) is 3. The van der Waals surface area contributed by atoms with Gasteiger partial charge < -0.3 is 14.6 Å². The number of amides is 1. The Morgan fingerprint density at radius 1 is 1.30 bits per heavy atom. The number of hydrogen-bond acceptors (Lipinski definition) is 6. The summed E-state index contributed by atoms with van der Waals surface area (Å²) in [4.78, 5) is 26.5. The molecule has 1 saturated heterocycles. The quantitative estimate of drug-likeness (QED) is 0.708. The van der Waals surface area contributed by atoms with Crippen LogP contribution >= 0.6 is 0 Å². The van der Waals surface area contributed by atoms with Crippen LogP contribution in [0.2, 0.25) is 0 Å². The third-order valence-corrected chi connectivity index (χ3v) is 5.93. The zero-order valence-corrected chi connectivity index (χ0v) is 16.4. The van der Waals surface area contributed by atoms with Crippen molar-refractivity contribution >= 4 is 27.0 Å². The summed E-state index contributed by atoms with van der Waals surface area (Å²) < 4.78 is 31.6. The molecule has 0 saturated carbocycles. The highest BCUT2D eigenvalue weighted by Crippen LogP contribution is 2.20. The van der Waals surface area contributed by atoms with Crippen molar-refractivity contribution in [2.75, 3.05) is 40.0 Å². The van der Waals surface area contributed by atoms with Gasteiger partial charge in [0.15, 0.2) is 5.58 Å². The smallest absolute Gasteiger partial charge is 0.408 e. The normalized spacial score (nSPS) is 21.2. The number of aromatic nitrogens is 1. The monoisotopic (exact) mass is 396 g/mol. The van der Waals surface area contributed by atoms with Crippen LogP contribution in [-0.2, 0) is 21.4 Å². The van der Waals surface area contributed by atoms with Gasteiger partial charge >= 0.3 is 5.76 Å². The van der Waals surface area contributed by atoms with Gasteiger partial charge in [0, 0.05) is 31.6 Å². The van der Waals surface area contributed by atoms with Gasteiger partial charge in [-0.05, 0) is 26.2 Å². The van der Waals surface area contributed by atoms with Crippen LogP contribution in [0.5, 0.6) is 0 Å². The van der Waals surface area contributed by atoms with Crippen LogP contribution in [0.4, 0.5) is 0 Å². The average Bonchev–Trinajstić information content (AvgIpc) is 3.09. The topological polar surface area (TPSA) is 105 Å². The Balaban J connectivity index is 1.75. The van der Waals surface area contributed by atoms with Gasteiger partial charge in [0.05, 0.1) is 11.8 Å². The van der Waals surface area contributed by atoms with E-state index in [2.05, 4.69) is 5.32 Å². The summed E-state index contributed by atoms with van der Waals surface area (Å²) in [6.07, 6.45) is 1.17. The predicted molar refractivity (Wildman–Crippen MR) is 101 cm³/mol. The molecule has 1 aromatic carbocycles. The molecule has 1 aliphatic rings. The van der Waals surface area contributed by atoms with Crippen LogP contribution < -0.4 is 11.1 Å². The molecular weight excluding hydrogens is 372 g/mol. The van der Waals surface area contributed by atoms with E-state index in [1.807, 2.05) is 19.0 Å². The van der Waals surface area contributed by atoms with Crippen molar-refractivity contribution in [3.63, 3.8) is 0 Å². The lowest BCUT2D eigenvalue weighted by Crippen LogP contribution is -2.45. The summed E-state index contributed by atoms with van der Waals surface area (Å²) in [5, 5.41) is 2.89. The highest BCUT2D eigenvalue weighted by atomic mass is 32.2. The van der Waals surface area contributed by atoms with E-state index in [1.165, 1.54) is 15.1 Å². The minimum Gasteiger partial charge on any atom is -0.408 e. The van der Waals surface area contributed by atoms with Crippen molar-refractivity contribution in [2.24, 2.45) is 5.92 Å². The third-order valence-electron chi connectivity index (χ3n) is 4.70. The van der Waals surface area contributed by atoms with E-state index < -0.39 is 15.8 Å². The van der Waals surface area contributed by atoms with E-state index in [4.69, 9.17) is 4.42 Å². The first kappa shape index (κ1) is 19.6. The van der Waals surface area contributed by atoms with Crippen LogP contribution in [0.3, 0.4) is 0 Å². The molecule has 1 aromatic heterocycles. The minimum atomic E-state index is -3.33. The fraction of sp³-hybridized carbons (Fsp3) is 0.529. The van der Waals surface area contributed by atoms with Gasteiger partial charge in [-0.25, -0.2) is 13.2 Å². The zero-order chi connectivity index (χ0) is 19.8. The molecule has 3 rings (SSSR count). The molecule has 1 amide bonds. The van der Waals surface area contributed by atoms with Gasteiger partial charge in [-0.15, -0.1) is 0 Å². The summed E-state index contributed by atoms with van der Waals surface area (Å²) in [5.41, 5.74) is 0.969. The molecule has 1 fully saturated rings. The van der Waals surface area contributed by atoms with Crippen LogP contribution in [0.15, 0.2) is 33.5 Å². The molecule has 1 aliphatic heterocycles. The molecule has 0 spiro atoms. The molecule has 0 bridgehead atoms. The second kappa shape index (κ2) is 7.45. The number of fused-ring (bicyclic) bond motifs is 1. The average molecular weight is 396 g/mol. The fourth-order valence-corrected chi connectivity index (χ4v) is 4.37. The Kier molecular flexibility index (Phi) is 5.41. The first-order chi connectivity index (χ1) is 12.6. The number of benzene rings is 1. The first-order valence-corrected chi connectivity index (χ1v) is 10.5. The van der Waals surface area contributed by atoms with E-state index in [9.17, 15) is 18.0 Å². The fourth-order valence-electron chi connectivity index (χ4n) is 3.48. The number of oxazole rings is 1. The Bertz CT molecular complexity index is 994. The molecule has 148 valence electrons. The van der Waals surface area contributed by atoms with Crippen molar-refractivity contribution in [3.05, 3.63) is 34.8 Å². The number of carbonyl (C=O) groups excluding carboxylic acids is 1. The highest BCUT2D eigenvalue weighted by molar-refractivity contribution is 7.88. The maximum absolute atomic E-state index is 12.6. The number of sulfonamides is 1. The Morgan fingerprint density at radius 3 is 2.67 bits per heavy atom. The molecule has 0 radical (unpaired) electrons. The molecule has 27 heavy (non-hydrogen) atoms. The molecule has 0 aliphatic carbocycles. The van der Waals surface area contributed by atoms with Crippen molar-refractivity contribution in [1.82, 2.24) is 19.1 Å². The molecule has 2 heterocycles. The second-order valence-electron chi connectivity index (χ2n) is 7.20. The molecule has 2 aromatic rings. The van der Waals surface area contributed by atoms with Crippen LogP contribution in [0.1, 0.15) is 0 Å². The minimum absolute atomic E-state index is 0.0310. The van der Waals surface area contributed by atoms with E-state index in [0.29, 0.717) is 24.2 Å². The predicted octanol–water partition coefficient (Wildman–Crippen LogP) is -0.468. The number of hydrogen-bond donors (Lipinski definition) is 1. The molecule has 0 unspecified atom stereocenters. The highest BCUT2D eigenvalue weighted by Gasteiger charge is 2.38. The van der Waals surface area contributed by atoms with Gasteiger partial charge in [-0.3, -0.25) is 9.36 Å². The van der Waals surface area contributed by atoms with E-state index in [-0.39, 0.29) is 31.0 Å².